The van der Waals surface area contributed by atoms with Gasteiger partial charge in [-0.25, -0.2) is 4.39 Å². The molecule has 1 aromatic carbocycles. The number of rotatable bonds is 2. The first-order valence-electron chi connectivity index (χ1n) is 3.89. The van der Waals surface area contributed by atoms with E-state index in [0.717, 1.165) is 5.69 Å². The molecule has 2 rings (SSSR count). The van der Waals surface area contributed by atoms with Gasteiger partial charge >= 0.3 is 0 Å². The second-order valence-electron chi connectivity index (χ2n) is 2.55. The maximum Gasteiger partial charge on any atom is 0.213 e. The van der Waals surface area contributed by atoms with Gasteiger partial charge in [-0.2, -0.15) is 4.68 Å². The molecule has 0 aliphatic heterocycles. The number of hydrogen-bond acceptors (Lipinski definition) is 4. The minimum atomic E-state index is -0.271. The molecule has 0 bridgehead atoms. The van der Waals surface area contributed by atoms with Gasteiger partial charge in [0.15, 0.2) is 0 Å². The van der Waals surface area contributed by atoms with Crippen molar-refractivity contribution in [1.29, 1.82) is 0 Å². The summed E-state index contributed by atoms with van der Waals surface area (Å²) in [7, 11) is 0. The predicted octanol–water partition coefficient (Wildman–Crippen LogP) is 1.52. The molecule has 14 heavy (non-hydrogen) atoms. The number of thioether (sulfide) groups is 1. The van der Waals surface area contributed by atoms with Crippen LogP contribution in [0.3, 0.4) is 0 Å². The Kier molecular flexibility index (Phi) is 2.45. The maximum absolute atomic E-state index is 12.6. The van der Waals surface area contributed by atoms with Crippen LogP contribution in [0.4, 0.5) is 4.39 Å². The molecular formula is C8H7FN4S. The standard InChI is InChI=1S/C8H7FN4S/c1-14-8-10-11-12-13(8)7-4-2-6(9)3-5-7/h2-5H,1H3. The van der Waals surface area contributed by atoms with Gasteiger partial charge in [0.25, 0.3) is 0 Å². The van der Waals surface area contributed by atoms with Gasteiger partial charge in [0.1, 0.15) is 5.82 Å². The van der Waals surface area contributed by atoms with Gasteiger partial charge in [-0.05, 0) is 40.9 Å². The number of nitrogens with zero attached hydrogens (tertiary/aromatic N) is 4. The summed E-state index contributed by atoms with van der Waals surface area (Å²) in [5, 5.41) is 11.8. The van der Waals surface area contributed by atoms with Crippen LogP contribution in [-0.2, 0) is 0 Å². The molecule has 0 amide bonds. The molecule has 1 aromatic heterocycles. The van der Waals surface area contributed by atoms with Crippen LogP contribution in [-0.4, -0.2) is 26.5 Å². The summed E-state index contributed by atoms with van der Waals surface area (Å²) in [5.74, 6) is -0.271. The lowest BCUT2D eigenvalue weighted by Crippen LogP contribution is -1.98. The fraction of sp³-hybridized carbons (Fsp3) is 0.125. The minimum Gasteiger partial charge on any atom is -0.207 e. The van der Waals surface area contributed by atoms with Crippen molar-refractivity contribution < 1.29 is 4.39 Å². The van der Waals surface area contributed by atoms with Crippen LogP contribution in [0.1, 0.15) is 0 Å². The van der Waals surface area contributed by atoms with Crippen LogP contribution in [0.25, 0.3) is 5.69 Å². The van der Waals surface area contributed by atoms with Gasteiger partial charge in [0, 0.05) is 0 Å². The van der Waals surface area contributed by atoms with Crippen molar-refractivity contribution >= 4 is 11.8 Å². The lowest BCUT2D eigenvalue weighted by atomic mass is 10.3. The molecule has 2 aromatic rings. The summed E-state index contributed by atoms with van der Waals surface area (Å²) in [6.07, 6.45) is 1.88. The Bertz CT molecular complexity index is 425. The van der Waals surface area contributed by atoms with E-state index in [1.807, 2.05) is 6.26 Å². The molecule has 4 nitrogen and oxygen atoms in total. The van der Waals surface area contributed by atoms with Crippen LogP contribution >= 0.6 is 11.8 Å². The molecule has 0 spiro atoms. The molecule has 0 unspecified atom stereocenters. The molecule has 0 fully saturated rings. The zero-order chi connectivity index (χ0) is 9.97. The van der Waals surface area contributed by atoms with Crippen molar-refractivity contribution in [1.82, 2.24) is 20.2 Å². The third kappa shape index (κ3) is 1.60. The van der Waals surface area contributed by atoms with Crippen LogP contribution in [0, 0.1) is 5.82 Å². The second-order valence-corrected chi connectivity index (χ2v) is 3.33. The SMILES string of the molecule is CSc1nnnn1-c1ccc(F)cc1. The highest BCUT2D eigenvalue weighted by Crippen LogP contribution is 2.15. The zero-order valence-corrected chi connectivity index (χ0v) is 8.20. The number of tetrazole rings is 1. The summed E-state index contributed by atoms with van der Waals surface area (Å²) in [6, 6.07) is 6.01. The molecule has 0 aliphatic rings. The third-order valence-electron chi connectivity index (χ3n) is 1.69. The molecule has 0 radical (unpaired) electrons. The quantitative estimate of drug-likeness (QED) is 0.705. The minimum absolute atomic E-state index is 0.271. The number of benzene rings is 1. The van der Waals surface area contributed by atoms with Crippen molar-refractivity contribution in [2.24, 2.45) is 0 Å². The van der Waals surface area contributed by atoms with Gasteiger partial charge in [0.2, 0.25) is 5.16 Å². The average Bonchev–Trinajstić information content (AvgIpc) is 2.67. The predicted molar refractivity (Wildman–Crippen MR) is 50.9 cm³/mol. The van der Waals surface area contributed by atoms with Crippen molar-refractivity contribution in [3.05, 3.63) is 30.1 Å². The van der Waals surface area contributed by atoms with Gasteiger partial charge in [-0.3, -0.25) is 0 Å². The summed E-state index contributed by atoms with van der Waals surface area (Å²) >= 11 is 1.43. The van der Waals surface area contributed by atoms with E-state index < -0.39 is 0 Å². The van der Waals surface area contributed by atoms with E-state index in [4.69, 9.17) is 0 Å². The summed E-state index contributed by atoms with van der Waals surface area (Å²) in [4.78, 5) is 0. The van der Waals surface area contributed by atoms with Crippen molar-refractivity contribution in [2.45, 2.75) is 5.16 Å². The molecular weight excluding hydrogens is 203 g/mol. The van der Waals surface area contributed by atoms with E-state index in [1.54, 1.807) is 16.8 Å². The van der Waals surface area contributed by atoms with E-state index in [-0.39, 0.29) is 5.82 Å². The van der Waals surface area contributed by atoms with Crippen LogP contribution in [0.5, 0.6) is 0 Å². The summed E-state index contributed by atoms with van der Waals surface area (Å²) in [5.41, 5.74) is 0.751. The van der Waals surface area contributed by atoms with Gasteiger partial charge < -0.3 is 0 Å². The highest BCUT2D eigenvalue weighted by Gasteiger charge is 2.05. The van der Waals surface area contributed by atoms with Crippen molar-refractivity contribution in [2.75, 3.05) is 6.26 Å². The topological polar surface area (TPSA) is 43.6 Å². The normalized spacial score (nSPS) is 10.4. The van der Waals surface area contributed by atoms with Crippen molar-refractivity contribution in [3.8, 4) is 5.69 Å². The van der Waals surface area contributed by atoms with E-state index in [1.165, 1.54) is 23.9 Å². The third-order valence-corrected chi connectivity index (χ3v) is 2.31. The van der Waals surface area contributed by atoms with Crippen LogP contribution in [0.15, 0.2) is 29.4 Å². The molecule has 0 atom stereocenters. The molecule has 0 saturated heterocycles. The second kappa shape index (κ2) is 3.75. The number of halogens is 1. The Morgan fingerprint density at radius 3 is 2.64 bits per heavy atom. The Morgan fingerprint density at radius 1 is 1.29 bits per heavy atom. The lowest BCUT2D eigenvalue weighted by Gasteiger charge is -2.00. The molecule has 0 N–H and O–H groups in total. The lowest BCUT2D eigenvalue weighted by molar-refractivity contribution is 0.626. The largest absolute Gasteiger partial charge is 0.213 e. The molecule has 6 heteroatoms. The molecule has 1 heterocycles. The number of aromatic nitrogens is 4. The smallest absolute Gasteiger partial charge is 0.207 e. The van der Waals surface area contributed by atoms with Crippen LogP contribution < -0.4 is 0 Å². The Hall–Kier alpha value is -1.43. The fourth-order valence-electron chi connectivity index (χ4n) is 1.05. The van der Waals surface area contributed by atoms with Gasteiger partial charge in [-0.1, -0.05) is 11.8 Å². The Morgan fingerprint density at radius 2 is 2.00 bits per heavy atom. The highest BCUT2D eigenvalue weighted by atomic mass is 32.2. The highest BCUT2D eigenvalue weighted by molar-refractivity contribution is 7.98. The molecule has 0 saturated carbocycles. The van der Waals surface area contributed by atoms with E-state index in [0.29, 0.717) is 5.16 Å². The van der Waals surface area contributed by atoms with Gasteiger partial charge in [-0.15, -0.1) is 5.10 Å². The maximum atomic E-state index is 12.6. The number of hydrogen-bond donors (Lipinski definition) is 0. The molecule has 72 valence electrons. The fourth-order valence-corrected chi connectivity index (χ4v) is 1.48. The summed E-state index contributed by atoms with van der Waals surface area (Å²) in [6.45, 7) is 0. The first-order chi connectivity index (χ1) is 6.81. The first kappa shape index (κ1) is 9.14. The Balaban J connectivity index is 2.44. The summed E-state index contributed by atoms with van der Waals surface area (Å²) < 4.78 is 14.2. The van der Waals surface area contributed by atoms with Crippen LogP contribution in [0.2, 0.25) is 0 Å². The average molecular weight is 210 g/mol. The molecule has 0 aliphatic carbocycles. The Labute approximate surface area is 84.1 Å². The van der Waals surface area contributed by atoms with E-state index in [2.05, 4.69) is 15.5 Å². The zero-order valence-electron chi connectivity index (χ0n) is 7.38. The first-order valence-corrected chi connectivity index (χ1v) is 5.12. The van der Waals surface area contributed by atoms with Gasteiger partial charge in [0.05, 0.1) is 5.69 Å². The van der Waals surface area contributed by atoms with Crippen molar-refractivity contribution in [3.63, 3.8) is 0 Å². The van der Waals surface area contributed by atoms with E-state index >= 15 is 0 Å². The monoisotopic (exact) mass is 210 g/mol. The van der Waals surface area contributed by atoms with E-state index in [9.17, 15) is 4.39 Å².